The minimum Gasteiger partial charge on any atom is -0.309 e. The Labute approximate surface area is 99.3 Å². The van der Waals surface area contributed by atoms with Crippen LogP contribution < -0.4 is 5.32 Å². The zero-order valence-electron chi connectivity index (χ0n) is 10.1. The summed E-state index contributed by atoms with van der Waals surface area (Å²) in [7, 11) is 0. The number of rotatable bonds is 4. The minimum absolute atomic E-state index is 0.657. The Balaban J connectivity index is 2.29. The zero-order chi connectivity index (χ0) is 11.3. The highest BCUT2D eigenvalue weighted by molar-refractivity contribution is 6.29. The second-order valence-electron chi connectivity index (χ2n) is 5.11. The first-order valence-electron chi connectivity index (χ1n) is 6.16. The summed E-state index contributed by atoms with van der Waals surface area (Å²) in [6, 6.07) is 0.657. The summed E-state index contributed by atoms with van der Waals surface area (Å²) in [6.07, 6.45) is 6.72. The molecule has 1 aliphatic rings. The summed E-state index contributed by atoms with van der Waals surface area (Å²) >= 11 is 5.76. The molecule has 0 saturated heterocycles. The molecule has 0 radical (unpaired) electrons. The molecule has 0 spiro atoms. The Morgan fingerprint density at radius 2 is 2.07 bits per heavy atom. The minimum atomic E-state index is 0.657. The van der Waals surface area contributed by atoms with E-state index in [2.05, 4.69) is 25.7 Å². The monoisotopic (exact) mass is 229 g/mol. The molecule has 88 valence electrons. The maximum Gasteiger partial charge on any atom is 0.0310 e. The summed E-state index contributed by atoms with van der Waals surface area (Å²) in [5, 5.41) is 4.21. The molecular formula is C13H24ClN. The Kier molecular flexibility index (Phi) is 5.70. The van der Waals surface area contributed by atoms with Crippen LogP contribution in [0.3, 0.4) is 0 Å². The largest absolute Gasteiger partial charge is 0.309 e. The molecule has 1 nitrogen and oxygen atoms in total. The van der Waals surface area contributed by atoms with Crippen molar-refractivity contribution in [1.29, 1.82) is 0 Å². The highest BCUT2D eigenvalue weighted by Crippen LogP contribution is 2.28. The van der Waals surface area contributed by atoms with Gasteiger partial charge in [-0.15, -0.1) is 0 Å². The summed E-state index contributed by atoms with van der Waals surface area (Å²) in [4.78, 5) is 0. The molecule has 0 aromatic carbocycles. The summed E-state index contributed by atoms with van der Waals surface area (Å²) in [6.45, 7) is 9.16. The first-order chi connectivity index (χ1) is 7.09. The highest BCUT2D eigenvalue weighted by Gasteiger charge is 2.20. The fraction of sp³-hybridized carbons (Fsp3) is 0.846. The van der Waals surface area contributed by atoms with Crippen LogP contribution in [-0.4, -0.2) is 12.6 Å². The van der Waals surface area contributed by atoms with Gasteiger partial charge in [0.05, 0.1) is 0 Å². The SMILES string of the molecule is C=C(Cl)CNC1CCCC(C(C)C)CC1. The van der Waals surface area contributed by atoms with Gasteiger partial charge in [0, 0.05) is 17.6 Å². The van der Waals surface area contributed by atoms with Gasteiger partial charge in [-0.25, -0.2) is 0 Å². The smallest absolute Gasteiger partial charge is 0.0310 e. The molecule has 0 aromatic heterocycles. The summed E-state index contributed by atoms with van der Waals surface area (Å²) in [5.74, 6) is 1.77. The van der Waals surface area contributed by atoms with Crippen LogP contribution in [0.5, 0.6) is 0 Å². The second-order valence-corrected chi connectivity index (χ2v) is 5.64. The van der Waals surface area contributed by atoms with Gasteiger partial charge in [-0.05, 0) is 31.1 Å². The molecule has 1 aliphatic carbocycles. The van der Waals surface area contributed by atoms with Gasteiger partial charge in [0.2, 0.25) is 0 Å². The van der Waals surface area contributed by atoms with E-state index in [9.17, 15) is 0 Å². The highest BCUT2D eigenvalue weighted by atomic mass is 35.5. The molecular weight excluding hydrogens is 206 g/mol. The van der Waals surface area contributed by atoms with Gasteiger partial charge in [0.1, 0.15) is 0 Å². The van der Waals surface area contributed by atoms with Gasteiger partial charge in [-0.1, -0.05) is 44.9 Å². The normalized spacial score (nSPS) is 27.7. The van der Waals surface area contributed by atoms with Gasteiger partial charge in [-0.3, -0.25) is 0 Å². The fourth-order valence-corrected chi connectivity index (χ4v) is 2.53. The lowest BCUT2D eigenvalue weighted by atomic mass is 9.89. The Morgan fingerprint density at radius 3 is 2.67 bits per heavy atom. The molecule has 0 aromatic rings. The van der Waals surface area contributed by atoms with E-state index in [-0.39, 0.29) is 0 Å². The van der Waals surface area contributed by atoms with Crippen molar-refractivity contribution in [3.8, 4) is 0 Å². The van der Waals surface area contributed by atoms with E-state index >= 15 is 0 Å². The van der Waals surface area contributed by atoms with E-state index < -0.39 is 0 Å². The predicted molar refractivity (Wildman–Crippen MR) is 68.2 cm³/mol. The van der Waals surface area contributed by atoms with Crippen molar-refractivity contribution in [2.45, 2.75) is 52.0 Å². The maximum atomic E-state index is 5.76. The van der Waals surface area contributed by atoms with Crippen molar-refractivity contribution in [2.75, 3.05) is 6.54 Å². The van der Waals surface area contributed by atoms with Crippen LogP contribution in [0.2, 0.25) is 0 Å². The maximum absolute atomic E-state index is 5.76. The van der Waals surface area contributed by atoms with Crippen molar-refractivity contribution >= 4 is 11.6 Å². The van der Waals surface area contributed by atoms with Crippen LogP contribution in [0.1, 0.15) is 46.0 Å². The molecule has 0 aliphatic heterocycles. The van der Waals surface area contributed by atoms with Gasteiger partial charge >= 0.3 is 0 Å². The predicted octanol–water partition coefficient (Wildman–Crippen LogP) is 3.93. The standard InChI is InChI=1S/C13H24ClN/c1-10(2)12-5-4-6-13(8-7-12)15-9-11(3)14/h10,12-13,15H,3-9H2,1-2H3. The second kappa shape index (κ2) is 6.55. The van der Waals surface area contributed by atoms with Crippen molar-refractivity contribution in [3.63, 3.8) is 0 Å². The number of hydrogen-bond acceptors (Lipinski definition) is 1. The number of hydrogen-bond donors (Lipinski definition) is 1. The fourth-order valence-electron chi connectivity index (χ4n) is 2.46. The molecule has 1 N–H and O–H groups in total. The molecule has 0 bridgehead atoms. The van der Waals surface area contributed by atoms with Crippen LogP contribution in [0.25, 0.3) is 0 Å². The van der Waals surface area contributed by atoms with Crippen molar-refractivity contribution in [2.24, 2.45) is 11.8 Å². The van der Waals surface area contributed by atoms with Crippen LogP contribution in [0.15, 0.2) is 11.6 Å². The Hall–Kier alpha value is -0.0100. The van der Waals surface area contributed by atoms with Gasteiger partial charge < -0.3 is 5.32 Å². The van der Waals surface area contributed by atoms with Gasteiger partial charge in [0.15, 0.2) is 0 Å². The number of halogens is 1. The van der Waals surface area contributed by atoms with E-state index in [0.717, 1.165) is 23.4 Å². The molecule has 1 fully saturated rings. The van der Waals surface area contributed by atoms with E-state index in [1.54, 1.807) is 0 Å². The van der Waals surface area contributed by atoms with Gasteiger partial charge in [-0.2, -0.15) is 0 Å². The third kappa shape index (κ3) is 5.03. The van der Waals surface area contributed by atoms with Gasteiger partial charge in [0.25, 0.3) is 0 Å². The lowest BCUT2D eigenvalue weighted by Crippen LogP contribution is -2.29. The Bertz CT molecular complexity index is 201. The third-order valence-corrected chi connectivity index (χ3v) is 3.67. The molecule has 2 heteroatoms. The van der Waals surface area contributed by atoms with Crippen LogP contribution in [-0.2, 0) is 0 Å². The van der Waals surface area contributed by atoms with Crippen LogP contribution >= 0.6 is 11.6 Å². The molecule has 1 saturated carbocycles. The lowest BCUT2D eigenvalue weighted by Gasteiger charge is -2.19. The summed E-state index contributed by atoms with van der Waals surface area (Å²) < 4.78 is 0. The molecule has 2 unspecified atom stereocenters. The third-order valence-electron chi connectivity index (χ3n) is 3.54. The first kappa shape index (κ1) is 13.1. The topological polar surface area (TPSA) is 12.0 Å². The molecule has 1 rings (SSSR count). The molecule has 15 heavy (non-hydrogen) atoms. The average molecular weight is 230 g/mol. The Morgan fingerprint density at radius 1 is 1.33 bits per heavy atom. The first-order valence-corrected chi connectivity index (χ1v) is 6.54. The van der Waals surface area contributed by atoms with Crippen molar-refractivity contribution < 1.29 is 0 Å². The summed E-state index contributed by atoms with van der Waals surface area (Å²) in [5.41, 5.74) is 0. The van der Waals surface area contributed by atoms with E-state index in [1.807, 2.05) is 0 Å². The van der Waals surface area contributed by atoms with E-state index in [1.165, 1.54) is 32.1 Å². The quantitative estimate of drug-likeness (QED) is 0.721. The van der Waals surface area contributed by atoms with Crippen LogP contribution in [0, 0.1) is 11.8 Å². The number of nitrogens with one attached hydrogen (secondary N) is 1. The van der Waals surface area contributed by atoms with E-state index in [4.69, 9.17) is 11.6 Å². The van der Waals surface area contributed by atoms with Crippen molar-refractivity contribution in [1.82, 2.24) is 5.32 Å². The zero-order valence-corrected chi connectivity index (χ0v) is 10.8. The molecule has 0 heterocycles. The van der Waals surface area contributed by atoms with E-state index in [0.29, 0.717) is 6.04 Å². The molecule has 2 atom stereocenters. The van der Waals surface area contributed by atoms with Crippen molar-refractivity contribution in [3.05, 3.63) is 11.6 Å². The van der Waals surface area contributed by atoms with Crippen LogP contribution in [0.4, 0.5) is 0 Å². The molecule has 0 amide bonds. The average Bonchev–Trinajstić information content (AvgIpc) is 2.39. The lowest BCUT2D eigenvalue weighted by molar-refractivity contribution is 0.338.